The number of ether oxygens (including phenoxy) is 1. The van der Waals surface area contributed by atoms with Crippen LogP contribution in [0.15, 0.2) is 24.3 Å². The van der Waals surface area contributed by atoms with E-state index in [-0.39, 0.29) is 5.56 Å². The summed E-state index contributed by atoms with van der Waals surface area (Å²) in [7, 11) is 0. The van der Waals surface area contributed by atoms with E-state index >= 15 is 0 Å². The van der Waals surface area contributed by atoms with Gasteiger partial charge in [-0.25, -0.2) is 0 Å². The lowest BCUT2D eigenvalue weighted by Gasteiger charge is -2.22. The number of benzene rings is 1. The summed E-state index contributed by atoms with van der Waals surface area (Å²) in [5.74, 6) is 0.832. The van der Waals surface area contributed by atoms with Crippen LogP contribution >= 0.6 is 11.6 Å². The van der Waals surface area contributed by atoms with Crippen molar-refractivity contribution in [1.29, 1.82) is 0 Å². The summed E-state index contributed by atoms with van der Waals surface area (Å²) in [6.07, 6.45) is 0. The van der Waals surface area contributed by atoms with Gasteiger partial charge in [0, 0.05) is 0 Å². The molecule has 1 aliphatic rings. The van der Waals surface area contributed by atoms with Crippen molar-refractivity contribution in [2.75, 3.05) is 11.9 Å². The van der Waals surface area contributed by atoms with Gasteiger partial charge in [0.05, 0.1) is 12.2 Å². The van der Waals surface area contributed by atoms with Gasteiger partial charge in [0.1, 0.15) is 5.75 Å². The van der Waals surface area contributed by atoms with E-state index in [1.165, 1.54) is 0 Å². The van der Waals surface area contributed by atoms with Crippen LogP contribution in [-0.4, -0.2) is 12.1 Å². The predicted molar refractivity (Wildman–Crippen MR) is 45.2 cm³/mol. The molecule has 2 nitrogen and oxygen atoms in total. The molecule has 1 aliphatic heterocycles. The third-order valence-corrected chi connectivity index (χ3v) is 1.84. The molecule has 3 heteroatoms. The van der Waals surface area contributed by atoms with Crippen LogP contribution in [0.5, 0.6) is 5.75 Å². The van der Waals surface area contributed by atoms with Crippen molar-refractivity contribution in [1.82, 2.24) is 0 Å². The first-order valence-corrected chi connectivity index (χ1v) is 3.93. The summed E-state index contributed by atoms with van der Waals surface area (Å²) in [5.41, 5.74) is 0.773. The van der Waals surface area contributed by atoms with E-state index in [1.54, 1.807) is 0 Å². The van der Waals surface area contributed by atoms with Gasteiger partial charge in [-0.3, -0.25) is 0 Å². The zero-order valence-electron chi connectivity index (χ0n) is 5.88. The van der Waals surface area contributed by atoms with E-state index in [0.717, 1.165) is 11.4 Å². The van der Waals surface area contributed by atoms with Crippen LogP contribution in [-0.2, 0) is 0 Å². The highest BCUT2D eigenvalue weighted by molar-refractivity contribution is 6.20. The molecule has 0 saturated heterocycles. The van der Waals surface area contributed by atoms with Gasteiger partial charge in [-0.15, -0.1) is 0 Å². The van der Waals surface area contributed by atoms with Crippen LogP contribution < -0.4 is 10.1 Å². The summed E-state index contributed by atoms with van der Waals surface area (Å²) in [6.45, 7) is 0.665. The Labute approximate surface area is 70.1 Å². The molecule has 0 aliphatic carbocycles. The molecule has 1 aromatic rings. The average Bonchev–Trinajstić information content (AvgIpc) is 2.04. The summed E-state index contributed by atoms with van der Waals surface area (Å²) in [5, 5.41) is 3.16. The number of anilines is 1. The molecule has 1 heterocycles. The number of hydrogen-bond donors (Lipinski definition) is 1. The maximum atomic E-state index is 5.76. The van der Waals surface area contributed by atoms with Crippen molar-refractivity contribution in [2.24, 2.45) is 0 Å². The largest absolute Gasteiger partial charge is 0.471 e. The molecule has 1 atom stereocenters. The van der Waals surface area contributed by atoms with Crippen LogP contribution in [0.4, 0.5) is 5.69 Å². The summed E-state index contributed by atoms with van der Waals surface area (Å²) >= 11 is 5.76. The Hall–Kier alpha value is -0.890. The smallest absolute Gasteiger partial charge is 0.189 e. The van der Waals surface area contributed by atoms with Gasteiger partial charge in [0.2, 0.25) is 0 Å². The van der Waals surface area contributed by atoms with E-state index in [4.69, 9.17) is 16.3 Å². The molecule has 2 rings (SSSR count). The van der Waals surface area contributed by atoms with E-state index in [1.807, 2.05) is 24.3 Å². The molecule has 0 amide bonds. The van der Waals surface area contributed by atoms with Crippen LogP contribution in [0.1, 0.15) is 0 Å². The molecule has 0 bridgehead atoms. The van der Waals surface area contributed by atoms with Gasteiger partial charge in [0.15, 0.2) is 5.56 Å². The Morgan fingerprint density at radius 2 is 2.27 bits per heavy atom. The number of para-hydroxylation sites is 2. The topological polar surface area (TPSA) is 21.3 Å². The van der Waals surface area contributed by atoms with E-state index in [2.05, 4.69) is 5.32 Å². The van der Waals surface area contributed by atoms with Crippen molar-refractivity contribution in [3.63, 3.8) is 0 Å². The first-order valence-electron chi connectivity index (χ1n) is 3.50. The van der Waals surface area contributed by atoms with Crippen LogP contribution in [0.25, 0.3) is 0 Å². The third-order valence-electron chi connectivity index (χ3n) is 1.59. The fraction of sp³-hybridized carbons (Fsp3) is 0.250. The quantitative estimate of drug-likeness (QED) is 0.601. The van der Waals surface area contributed by atoms with Gasteiger partial charge in [-0.2, -0.15) is 0 Å². The van der Waals surface area contributed by atoms with Gasteiger partial charge >= 0.3 is 0 Å². The van der Waals surface area contributed by atoms with Crippen LogP contribution in [0.3, 0.4) is 0 Å². The normalized spacial score (nSPS) is 21.4. The molecule has 1 aromatic carbocycles. The molecule has 58 valence electrons. The molecule has 1 unspecified atom stereocenters. The number of rotatable bonds is 0. The van der Waals surface area contributed by atoms with Crippen LogP contribution in [0, 0.1) is 0 Å². The highest BCUT2D eigenvalue weighted by Crippen LogP contribution is 2.28. The maximum absolute atomic E-state index is 5.76. The van der Waals surface area contributed by atoms with Crippen molar-refractivity contribution in [3.8, 4) is 5.75 Å². The number of hydrogen-bond acceptors (Lipinski definition) is 2. The Balaban J connectivity index is 2.34. The van der Waals surface area contributed by atoms with E-state index in [9.17, 15) is 0 Å². The van der Waals surface area contributed by atoms with Gasteiger partial charge in [-0.1, -0.05) is 23.7 Å². The van der Waals surface area contributed by atoms with Crippen molar-refractivity contribution in [2.45, 2.75) is 5.56 Å². The zero-order valence-corrected chi connectivity index (χ0v) is 6.64. The fourth-order valence-electron chi connectivity index (χ4n) is 1.09. The van der Waals surface area contributed by atoms with Gasteiger partial charge in [-0.05, 0) is 12.1 Å². The molecule has 1 N–H and O–H groups in total. The lowest BCUT2D eigenvalue weighted by atomic mass is 10.2. The number of fused-ring (bicyclic) bond motifs is 1. The molecule has 11 heavy (non-hydrogen) atoms. The molecular weight excluding hydrogens is 162 g/mol. The second kappa shape index (κ2) is 2.62. The highest BCUT2D eigenvalue weighted by atomic mass is 35.5. The highest BCUT2D eigenvalue weighted by Gasteiger charge is 2.14. The minimum atomic E-state index is -0.245. The molecule has 0 saturated carbocycles. The van der Waals surface area contributed by atoms with Gasteiger partial charge < -0.3 is 10.1 Å². The van der Waals surface area contributed by atoms with E-state index in [0.29, 0.717) is 6.54 Å². The SMILES string of the molecule is ClC1CNc2ccccc2O1. The van der Waals surface area contributed by atoms with Crippen LogP contribution in [0.2, 0.25) is 0 Å². The Morgan fingerprint density at radius 3 is 3.18 bits per heavy atom. The average molecular weight is 170 g/mol. The number of nitrogens with one attached hydrogen (secondary N) is 1. The number of halogens is 1. The second-order valence-corrected chi connectivity index (χ2v) is 2.89. The lowest BCUT2D eigenvalue weighted by Crippen LogP contribution is -2.25. The van der Waals surface area contributed by atoms with Crippen molar-refractivity contribution >= 4 is 17.3 Å². The molecule has 0 fully saturated rings. The van der Waals surface area contributed by atoms with Gasteiger partial charge in [0.25, 0.3) is 0 Å². The fourth-order valence-corrected chi connectivity index (χ4v) is 1.26. The molecule has 0 radical (unpaired) electrons. The minimum absolute atomic E-state index is 0.245. The van der Waals surface area contributed by atoms with Crippen molar-refractivity contribution in [3.05, 3.63) is 24.3 Å². The Kier molecular flexibility index (Phi) is 1.62. The summed E-state index contributed by atoms with van der Waals surface area (Å²) in [6, 6.07) is 7.76. The zero-order chi connectivity index (χ0) is 7.68. The Bertz CT molecular complexity index is 264. The van der Waals surface area contributed by atoms with E-state index < -0.39 is 0 Å². The Morgan fingerprint density at radius 1 is 1.45 bits per heavy atom. The summed E-state index contributed by atoms with van der Waals surface area (Å²) in [4.78, 5) is 0. The monoisotopic (exact) mass is 169 g/mol. The first-order chi connectivity index (χ1) is 5.36. The minimum Gasteiger partial charge on any atom is -0.471 e. The standard InChI is InChI=1S/C8H8ClNO/c9-8-5-10-6-3-1-2-4-7(6)11-8/h1-4,8,10H,5H2. The molecule has 0 spiro atoms. The predicted octanol–water partition coefficient (Wildman–Crippen LogP) is 2.06. The molecular formula is C8H8ClNO. The number of alkyl halides is 1. The van der Waals surface area contributed by atoms with Crippen molar-refractivity contribution < 1.29 is 4.74 Å². The second-order valence-electron chi connectivity index (χ2n) is 2.40. The molecule has 0 aromatic heterocycles. The first kappa shape index (κ1) is 6.80. The third kappa shape index (κ3) is 1.26. The maximum Gasteiger partial charge on any atom is 0.189 e. The lowest BCUT2D eigenvalue weighted by molar-refractivity contribution is 0.284. The summed E-state index contributed by atoms with van der Waals surface area (Å²) < 4.78 is 5.33.